The summed E-state index contributed by atoms with van der Waals surface area (Å²) in [6.45, 7) is 8.93. The van der Waals surface area contributed by atoms with Crippen molar-refractivity contribution in [1.82, 2.24) is 5.32 Å². The Labute approximate surface area is 92.1 Å². The van der Waals surface area contributed by atoms with Crippen molar-refractivity contribution in [3.63, 3.8) is 0 Å². The Kier molecular flexibility index (Phi) is 2.70. The van der Waals surface area contributed by atoms with Gasteiger partial charge in [-0.25, -0.2) is 0 Å². The lowest BCUT2D eigenvalue weighted by Crippen LogP contribution is -2.51. The second-order valence-electron chi connectivity index (χ2n) is 5.30. The summed E-state index contributed by atoms with van der Waals surface area (Å²) in [5.74, 6) is 0. The SMILES string of the molecule is CC(C)(C)c1ccccc1NC1CNC1. The number of hydrogen-bond donors (Lipinski definition) is 2. The van der Waals surface area contributed by atoms with Gasteiger partial charge in [-0.1, -0.05) is 39.0 Å². The summed E-state index contributed by atoms with van der Waals surface area (Å²) in [6, 6.07) is 9.22. The summed E-state index contributed by atoms with van der Waals surface area (Å²) in [7, 11) is 0. The molecule has 82 valence electrons. The van der Waals surface area contributed by atoms with Crippen molar-refractivity contribution in [2.24, 2.45) is 0 Å². The molecule has 2 nitrogen and oxygen atoms in total. The van der Waals surface area contributed by atoms with Crippen molar-refractivity contribution in [2.45, 2.75) is 32.2 Å². The molecule has 1 aliphatic rings. The smallest absolute Gasteiger partial charge is 0.0510 e. The molecule has 1 heterocycles. The number of benzene rings is 1. The monoisotopic (exact) mass is 204 g/mol. The largest absolute Gasteiger partial charge is 0.380 e. The number of para-hydroxylation sites is 1. The normalized spacial score (nSPS) is 17.3. The molecule has 1 fully saturated rings. The molecule has 0 atom stereocenters. The first kappa shape index (κ1) is 10.5. The van der Waals surface area contributed by atoms with Crippen molar-refractivity contribution in [3.8, 4) is 0 Å². The summed E-state index contributed by atoms with van der Waals surface area (Å²) in [4.78, 5) is 0. The van der Waals surface area contributed by atoms with Gasteiger partial charge in [-0.3, -0.25) is 0 Å². The van der Waals surface area contributed by atoms with Crippen molar-refractivity contribution in [1.29, 1.82) is 0 Å². The van der Waals surface area contributed by atoms with Gasteiger partial charge in [-0.15, -0.1) is 0 Å². The minimum atomic E-state index is 0.209. The number of hydrogen-bond acceptors (Lipinski definition) is 2. The molecule has 1 aromatic carbocycles. The molecule has 0 bridgehead atoms. The lowest BCUT2D eigenvalue weighted by Gasteiger charge is -2.32. The molecule has 1 aliphatic heterocycles. The molecule has 0 amide bonds. The van der Waals surface area contributed by atoms with Crippen LogP contribution in [-0.4, -0.2) is 19.1 Å². The van der Waals surface area contributed by atoms with E-state index in [1.54, 1.807) is 0 Å². The van der Waals surface area contributed by atoms with Crippen LogP contribution in [0.4, 0.5) is 5.69 Å². The Morgan fingerprint density at radius 1 is 1.20 bits per heavy atom. The number of anilines is 1. The molecule has 0 spiro atoms. The van der Waals surface area contributed by atoms with Crippen molar-refractivity contribution in [3.05, 3.63) is 29.8 Å². The van der Waals surface area contributed by atoms with E-state index >= 15 is 0 Å². The molecule has 0 radical (unpaired) electrons. The molecule has 2 heteroatoms. The van der Waals surface area contributed by atoms with E-state index in [0.717, 1.165) is 13.1 Å². The molecule has 2 N–H and O–H groups in total. The maximum Gasteiger partial charge on any atom is 0.0510 e. The van der Waals surface area contributed by atoms with Crippen LogP contribution >= 0.6 is 0 Å². The van der Waals surface area contributed by atoms with Gasteiger partial charge in [0, 0.05) is 18.8 Å². The van der Waals surface area contributed by atoms with E-state index in [1.165, 1.54) is 11.3 Å². The molecule has 15 heavy (non-hydrogen) atoms. The predicted molar refractivity (Wildman–Crippen MR) is 65.4 cm³/mol. The van der Waals surface area contributed by atoms with Crippen LogP contribution in [0.25, 0.3) is 0 Å². The summed E-state index contributed by atoms with van der Waals surface area (Å²) in [6.07, 6.45) is 0. The van der Waals surface area contributed by atoms with Crippen LogP contribution < -0.4 is 10.6 Å². The van der Waals surface area contributed by atoms with Crippen molar-refractivity contribution >= 4 is 5.69 Å². The lowest BCUT2D eigenvalue weighted by atomic mass is 9.85. The maximum absolute atomic E-state index is 3.59. The third-order valence-corrected chi connectivity index (χ3v) is 2.88. The fourth-order valence-electron chi connectivity index (χ4n) is 1.87. The number of rotatable bonds is 2. The zero-order valence-electron chi connectivity index (χ0n) is 9.80. The van der Waals surface area contributed by atoms with E-state index in [9.17, 15) is 0 Å². The highest BCUT2D eigenvalue weighted by Crippen LogP contribution is 2.29. The van der Waals surface area contributed by atoms with Gasteiger partial charge < -0.3 is 10.6 Å². The van der Waals surface area contributed by atoms with Gasteiger partial charge in [0.25, 0.3) is 0 Å². The molecular formula is C13H20N2. The van der Waals surface area contributed by atoms with Gasteiger partial charge in [0.15, 0.2) is 0 Å². The quantitative estimate of drug-likeness (QED) is 0.773. The van der Waals surface area contributed by atoms with E-state index in [1.807, 2.05) is 0 Å². The predicted octanol–water partition coefficient (Wildman–Crippen LogP) is 2.37. The van der Waals surface area contributed by atoms with Gasteiger partial charge in [-0.2, -0.15) is 0 Å². The summed E-state index contributed by atoms with van der Waals surface area (Å²) in [5, 5.41) is 6.87. The standard InChI is InChI=1S/C13H20N2/c1-13(2,3)11-6-4-5-7-12(11)15-10-8-14-9-10/h4-7,10,14-15H,8-9H2,1-3H3. The Morgan fingerprint density at radius 3 is 2.40 bits per heavy atom. The Morgan fingerprint density at radius 2 is 1.87 bits per heavy atom. The van der Waals surface area contributed by atoms with Crippen LogP contribution in [0.3, 0.4) is 0 Å². The number of nitrogens with one attached hydrogen (secondary N) is 2. The van der Waals surface area contributed by atoms with E-state index in [-0.39, 0.29) is 5.41 Å². The summed E-state index contributed by atoms with van der Waals surface area (Å²) < 4.78 is 0. The second-order valence-corrected chi connectivity index (χ2v) is 5.30. The van der Waals surface area contributed by atoms with Gasteiger partial charge in [0.1, 0.15) is 0 Å². The first-order valence-corrected chi connectivity index (χ1v) is 5.64. The third kappa shape index (κ3) is 2.32. The molecule has 0 unspecified atom stereocenters. The first-order valence-electron chi connectivity index (χ1n) is 5.64. The zero-order valence-corrected chi connectivity index (χ0v) is 9.80. The summed E-state index contributed by atoms with van der Waals surface area (Å²) >= 11 is 0. The Hall–Kier alpha value is -1.02. The molecular weight excluding hydrogens is 184 g/mol. The van der Waals surface area contributed by atoms with Crippen molar-refractivity contribution < 1.29 is 0 Å². The molecule has 0 aromatic heterocycles. The van der Waals surface area contributed by atoms with Gasteiger partial charge in [-0.05, 0) is 17.0 Å². The van der Waals surface area contributed by atoms with Crippen molar-refractivity contribution in [2.75, 3.05) is 18.4 Å². The van der Waals surface area contributed by atoms with Gasteiger partial charge >= 0.3 is 0 Å². The minimum absolute atomic E-state index is 0.209. The van der Waals surface area contributed by atoms with E-state index < -0.39 is 0 Å². The zero-order chi connectivity index (χ0) is 10.9. The fraction of sp³-hybridized carbons (Fsp3) is 0.538. The molecule has 0 aliphatic carbocycles. The van der Waals surface area contributed by atoms with Crippen LogP contribution in [0.2, 0.25) is 0 Å². The van der Waals surface area contributed by atoms with E-state index in [4.69, 9.17) is 0 Å². The van der Waals surface area contributed by atoms with Crippen LogP contribution in [0.5, 0.6) is 0 Å². The lowest BCUT2D eigenvalue weighted by molar-refractivity contribution is 0.470. The Balaban J connectivity index is 2.21. The average molecular weight is 204 g/mol. The third-order valence-electron chi connectivity index (χ3n) is 2.88. The maximum atomic E-state index is 3.59. The Bertz CT molecular complexity index is 335. The highest BCUT2D eigenvalue weighted by molar-refractivity contribution is 5.55. The van der Waals surface area contributed by atoms with Gasteiger partial charge in [0.05, 0.1) is 6.04 Å². The highest BCUT2D eigenvalue weighted by Gasteiger charge is 2.21. The topological polar surface area (TPSA) is 24.1 Å². The molecule has 1 saturated heterocycles. The first-order chi connectivity index (χ1) is 7.07. The fourth-order valence-corrected chi connectivity index (χ4v) is 1.87. The highest BCUT2D eigenvalue weighted by atomic mass is 15.1. The van der Waals surface area contributed by atoms with Crippen LogP contribution in [0.15, 0.2) is 24.3 Å². The van der Waals surface area contributed by atoms with Crippen LogP contribution in [0, 0.1) is 0 Å². The average Bonchev–Trinajstić information content (AvgIpc) is 2.10. The molecule has 0 saturated carbocycles. The molecule has 2 rings (SSSR count). The van der Waals surface area contributed by atoms with Gasteiger partial charge in [0.2, 0.25) is 0 Å². The van der Waals surface area contributed by atoms with E-state index in [0.29, 0.717) is 6.04 Å². The second kappa shape index (κ2) is 3.86. The minimum Gasteiger partial charge on any atom is -0.380 e. The summed E-state index contributed by atoms with van der Waals surface area (Å²) in [5.41, 5.74) is 2.90. The van der Waals surface area contributed by atoms with E-state index in [2.05, 4.69) is 55.7 Å². The molecule has 1 aromatic rings. The van der Waals surface area contributed by atoms with Crippen LogP contribution in [-0.2, 0) is 5.41 Å². The van der Waals surface area contributed by atoms with Crippen LogP contribution in [0.1, 0.15) is 26.3 Å².